The number of aliphatic hydroxyl groups excluding tert-OH is 1. The molecule has 1 saturated heterocycles. The molecule has 3 aromatic carbocycles. The number of hydrogen-bond donors (Lipinski definition) is 1. The average Bonchev–Trinajstić information content (AvgIpc) is 3.50. The number of ether oxygens (including phenoxy) is 1. The van der Waals surface area contributed by atoms with Crippen LogP contribution in [0.1, 0.15) is 29.7 Å². The van der Waals surface area contributed by atoms with Crippen LogP contribution in [0.25, 0.3) is 16.0 Å². The Bertz CT molecular complexity index is 1610. The van der Waals surface area contributed by atoms with E-state index in [1.807, 2.05) is 6.92 Å². The maximum atomic E-state index is 13.8. The second kappa shape index (κ2) is 8.43. The largest absolute Gasteiger partial charge is 0.507 e. The second-order valence-corrected chi connectivity index (χ2v) is 10.2. The smallest absolute Gasteiger partial charge is 0.301 e. The number of nitrogens with zero attached hydrogens (tertiary/aromatic N) is 2. The van der Waals surface area contributed by atoms with Crippen molar-refractivity contribution in [1.82, 2.24) is 4.98 Å². The molecule has 2 aliphatic heterocycles. The molecule has 0 bridgehead atoms. The van der Waals surface area contributed by atoms with Crippen molar-refractivity contribution in [2.24, 2.45) is 0 Å². The molecule has 4 aromatic rings. The predicted molar refractivity (Wildman–Crippen MR) is 136 cm³/mol. The van der Waals surface area contributed by atoms with E-state index in [-0.39, 0.29) is 22.6 Å². The molecule has 0 spiro atoms. The van der Waals surface area contributed by atoms with E-state index in [4.69, 9.17) is 16.3 Å². The minimum absolute atomic E-state index is 0.0123. The van der Waals surface area contributed by atoms with Crippen LogP contribution >= 0.6 is 22.9 Å². The number of carbonyl (C=O) groups is 2. The highest BCUT2D eigenvalue weighted by molar-refractivity contribution is 7.22. The molecule has 0 saturated carbocycles. The zero-order valence-electron chi connectivity index (χ0n) is 18.9. The van der Waals surface area contributed by atoms with Gasteiger partial charge in [0, 0.05) is 17.0 Å². The molecule has 0 aliphatic carbocycles. The fourth-order valence-corrected chi connectivity index (χ4v) is 5.95. The van der Waals surface area contributed by atoms with Gasteiger partial charge in [0.1, 0.15) is 23.4 Å². The molecule has 3 heterocycles. The molecule has 9 heteroatoms. The summed E-state index contributed by atoms with van der Waals surface area (Å²) in [5.41, 5.74) is 2.28. The summed E-state index contributed by atoms with van der Waals surface area (Å²) in [6.45, 7) is 1.95. The first-order chi connectivity index (χ1) is 17.3. The summed E-state index contributed by atoms with van der Waals surface area (Å²) in [6.07, 6.45) is 0.684. The quantitative estimate of drug-likeness (QED) is 0.202. The van der Waals surface area contributed by atoms with Crippen molar-refractivity contribution in [3.8, 4) is 5.75 Å². The van der Waals surface area contributed by atoms with Gasteiger partial charge in [-0.1, -0.05) is 35.1 Å². The van der Waals surface area contributed by atoms with Crippen LogP contribution in [-0.2, 0) is 16.0 Å². The maximum Gasteiger partial charge on any atom is 0.301 e. The topological polar surface area (TPSA) is 79.7 Å². The Balaban J connectivity index is 1.54. The van der Waals surface area contributed by atoms with Crippen LogP contribution in [0, 0.1) is 5.82 Å². The molecular formula is C27H18ClFN2O4S. The fourth-order valence-electron chi connectivity index (χ4n) is 4.74. The lowest BCUT2D eigenvalue weighted by molar-refractivity contribution is -0.132. The number of thiazole rings is 1. The van der Waals surface area contributed by atoms with Crippen molar-refractivity contribution >= 4 is 55.7 Å². The molecule has 6 rings (SSSR count). The highest BCUT2D eigenvalue weighted by Crippen LogP contribution is 2.45. The summed E-state index contributed by atoms with van der Waals surface area (Å²) in [6, 6.07) is 15.1. The lowest BCUT2D eigenvalue weighted by atomic mass is 9.94. The Hall–Kier alpha value is -3.75. The third-order valence-corrected chi connectivity index (χ3v) is 7.58. The number of fused-ring (bicyclic) bond motifs is 2. The van der Waals surface area contributed by atoms with Gasteiger partial charge in [0.05, 0.1) is 21.8 Å². The number of carbonyl (C=O) groups excluding carboxylic acids is 2. The summed E-state index contributed by atoms with van der Waals surface area (Å²) in [7, 11) is 0. The molecule has 0 unspecified atom stereocenters. The monoisotopic (exact) mass is 520 g/mol. The molecule has 180 valence electrons. The second-order valence-electron chi connectivity index (χ2n) is 8.79. The Labute approximate surface area is 214 Å². The Morgan fingerprint density at radius 1 is 1.17 bits per heavy atom. The third-order valence-electron chi connectivity index (χ3n) is 6.32. The highest BCUT2D eigenvalue weighted by Gasteiger charge is 2.48. The zero-order chi connectivity index (χ0) is 25.1. The molecule has 1 aromatic heterocycles. The maximum absolute atomic E-state index is 13.8. The van der Waals surface area contributed by atoms with Crippen molar-refractivity contribution in [2.75, 3.05) is 4.90 Å². The van der Waals surface area contributed by atoms with E-state index in [2.05, 4.69) is 4.98 Å². The Morgan fingerprint density at radius 2 is 2.00 bits per heavy atom. The summed E-state index contributed by atoms with van der Waals surface area (Å²) < 4.78 is 20.1. The first-order valence-corrected chi connectivity index (χ1v) is 12.4. The van der Waals surface area contributed by atoms with Crippen molar-refractivity contribution < 1.29 is 23.8 Å². The first-order valence-electron chi connectivity index (χ1n) is 11.2. The van der Waals surface area contributed by atoms with E-state index in [9.17, 15) is 19.1 Å². The fraction of sp³-hybridized carbons (Fsp3) is 0.148. The minimum atomic E-state index is -0.975. The van der Waals surface area contributed by atoms with Gasteiger partial charge >= 0.3 is 5.91 Å². The predicted octanol–water partition coefficient (Wildman–Crippen LogP) is 6.04. The van der Waals surface area contributed by atoms with Gasteiger partial charge in [-0.05, 0) is 66.6 Å². The zero-order valence-corrected chi connectivity index (χ0v) is 20.4. The van der Waals surface area contributed by atoms with Crippen molar-refractivity contribution in [1.29, 1.82) is 0 Å². The van der Waals surface area contributed by atoms with E-state index in [1.165, 1.54) is 23.1 Å². The van der Waals surface area contributed by atoms with Gasteiger partial charge in [0.15, 0.2) is 5.13 Å². The van der Waals surface area contributed by atoms with Crippen LogP contribution in [0.4, 0.5) is 9.52 Å². The SMILES string of the molecule is C[C@H]1Cc2cc(/C(O)=C3\C(=O)C(=O)N(c4nc5ccc(F)cc5s4)[C@H]3c3cccc(Cl)c3)ccc2O1. The van der Waals surface area contributed by atoms with Gasteiger partial charge in [-0.25, -0.2) is 9.37 Å². The summed E-state index contributed by atoms with van der Waals surface area (Å²) >= 11 is 7.35. The van der Waals surface area contributed by atoms with E-state index in [0.29, 0.717) is 32.8 Å². The lowest BCUT2D eigenvalue weighted by Crippen LogP contribution is -2.29. The summed E-state index contributed by atoms with van der Waals surface area (Å²) in [5.74, 6) is -1.67. The van der Waals surface area contributed by atoms with Crippen molar-refractivity contribution in [2.45, 2.75) is 25.5 Å². The molecular weight excluding hydrogens is 503 g/mol. The highest BCUT2D eigenvalue weighted by atomic mass is 35.5. The van der Waals surface area contributed by atoms with Gasteiger partial charge in [-0.2, -0.15) is 0 Å². The molecule has 2 atom stereocenters. The van der Waals surface area contributed by atoms with Crippen LogP contribution < -0.4 is 9.64 Å². The Morgan fingerprint density at radius 3 is 2.81 bits per heavy atom. The lowest BCUT2D eigenvalue weighted by Gasteiger charge is -2.23. The first kappa shape index (κ1) is 22.7. The number of rotatable bonds is 3. The third kappa shape index (κ3) is 3.65. The van der Waals surface area contributed by atoms with Gasteiger partial charge < -0.3 is 9.84 Å². The molecule has 2 aliphatic rings. The number of hydrogen-bond acceptors (Lipinski definition) is 6. The summed E-state index contributed by atoms with van der Waals surface area (Å²) in [4.78, 5) is 32.5. The number of aromatic nitrogens is 1. The van der Waals surface area contributed by atoms with Crippen LogP contribution in [0.15, 0.2) is 66.2 Å². The van der Waals surface area contributed by atoms with Crippen LogP contribution in [0.3, 0.4) is 0 Å². The van der Waals surface area contributed by atoms with Gasteiger partial charge in [-0.3, -0.25) is 14.5 Å². The van der Waals surface area contributed by atoms with Crippen molar-refractivity contribution in [3.05, 3.63) is 93.8 Å². The number of benzene rings is 3. The minimum Gasteiger partial charge on any atom is -0.507 e. The number of amides is 1. The number of ketones is 1. The van der Waals surface area contributed by atoms with Gasteiger partial charge in [0.25, 0.3) is 5.78 Å². The molecule has 1 N–H and O–H groups in total. The molecule has 1 amide bonds. The van der Waals surface area contributed by atoms with Gasteiger partial charge in [-0.15, -0.1) is 0 Å². The van der Waals surface area contributed by atoms with E-state index in [0.717, 1.165) is 22.6 Å². The number of aliphatic hydroxyl groups is 1. The van der Waals surface area contributed by atoms with Crippen LogP contribution in [0.2, 0.25) is 5.02 Å². The van der Waals surface area contributed by atoms with E-state index in [1.54, 1.807) is 42.5 Å². The Kier molecular flexibility index (Phi) is 5.31. The number of halogens is 2. The molecule has 36 heavy (non-hydrogen) atoms. The number of Topliss-reactive ketones (excluding diaryl/α,β-unsaturated/α-hetero) is 1. The summed E-state index contributed by atoms with van der Waals surface area (Å²) in [5, 5.41) is 12.0. The average molecular weight is 521 g/mol. The van der Waals surface area contributed by atoms with E-state index < -0.39 is 23.5 Å². The van der Waals surface area contributed by atoms with Gasteiger partial charge in [0.2, 0.25) is 0 Å². The molecule has 6 nitrogen and oxygen atoms in total. The van der Waals surface area contributed by atoms with Crippen molar-refractivity contribution in [3.63, 3.8) is 0 Å². The molecule has 0 radical (unpaired) electrons. The van der Waals surface area contributed by atoms with Crippen LogP contribution in [-0.4, -0.2) is 27.9 Å². The van der Waals surface area contributed by atoms with E-state index >= 15 is 0 Å². The normalized spacial score (nSPS) is 20.7. The van der Waals surface area contributed by atoms with Crippen LogP contribution in [0.5, 0.6) is 5.75 Å². The molecule has 1 fully saturated rings. The number of anilines is 1. The standard InChI is InChI=1S/C27H18ClFN2O4S/c1-13-9-16-10-15(5-8-20(16)35-13)24(32)22-23(14-3-2-4-17(28)11-14)31(26(34)25(22)33)27-30-19-7-6-18(29)12-21(19)36-27/h2-8,10-13,23,32H,9H2,1H3/b24-22+/t13-,23-/m0/s1.